The van der Waals surface area contributed by atoms with Crippen LogP contribution in [0.15, 0.2) is 15.4 Å². The van der Waals surface area contributed by atoms with E-state index in [2.05, 4.69) is 23.6 Å². The zero-order chi connectivity index (χ0) is 15.7. The number of nitrogens with one attached hydrogen (secondary N) is 1. The highest BCUT2D eigenvalue weighted by Crippen LogP contribution is 2.30. The van der Waals surface area contributed by atoms with E-state index in [0.29, 0.717) is 12.3 Å². The molecule has 21 heavy (non-hydrogen) atoms. The fourth-order valence-electron chi connectivity index (χ4n) is 2.55. The Morgan fingerprint density at radius 1 is 1.43 bits per heavy atom. The Hall–Kier alpha value is -0.890. The number of sulfonamides is 1. The number of hydrogen-bond donors (Lipinski definition) is 2. The predicted octanol–water partition coefficient (Wildman–Crippen LogP) is 1.09. The van der Waals surface area contributed by atoms with Crippen molar-refractivity contribution in [1.29, 1.82) is 0 Å². The Balaban J connectivity index is 2.06. The third kappa shape index (κ3) is 3.85. The summed E-state index contributed by atoms with van der Waals surface area (Å²) in [5, 5.41) is 9.03. The SMILES string of the molecule is Cc1oc(CO)cc1S(=O)(=O)NCC1(C)CCN(C)CC1. The second-order valence-electron chi connectivity index (χ2n) is 6.23. The summed E-state index contributed by atoms with van der Waals surface area (Å²) in [4.78, 5) is 2.37. The Morgan fingerprint density at radius 2 is 2.05 bits per heavy atom. The van der Waals surface area contributed by atoms with Gasteiger partial charge in [-0.1, -0.05) is 6.92 Å². The normalized spacial score (nSPS) is 19.8. The first kappa shape index (κ1) is 16.5. The molecule has 0 bridgehead atoms. The van der Waals surface area contributed by atoms with Gasteiger partial charge in [0.2, 0.25) is 10.0 Å². The first-order valence-electron chi connectivity index (χ1n) is 7.14. The second-order valence-corrected chi connectivity index (χ2v) is 7.97. The molecule has 0 unspecified atom stereocenters. The zero-order valence-corrected chi connectivity index (χ0v) is 13.7. The molecule has 2 rings (SSSR count). The van der Waals surface area contributed by atoms with E-state index in [1.165, 1.54) is 6.07 Å². The summed E-state index contributed by atoms with van der Waals surface area (Å²) in [6.45, 7) is 5.78. The lowest BCUT2D eigenvalue weighted by atomic mass is 9.81. The lowest BCUT2D eigenvalue weighted by Gasteiger charge is -2.37. The number of likely N-dealkylation sites (tertiary alicyclic amines) is 1. The van der Waals surface area contributed by atoms with Crippen LogP contribution < -0.4 is 4.72 Å². The van der Waals surface area contributed by atoms with Crippen LogP contribution in [-0.2, 0) is 16.6 Å². The largest absolute Gasteiger partial charge is 0.462 e. The van der Waals surface area contributed by atoms with E-state index in [4.69, 9.17) is 9.52 Å². The van der Waals surface area contributed by atoms with Gasteiger partial charge in [0.15, 0.2) is 0 Å². The molecule has 0 spiro atoms. The minimum Gasteiger partial charge on any atom is -0.462 e. The minimum absolute atomic E-state index is 0.0168. The van der Waals surface area contributed by atoms with Crippen LogP contribution in [0.2, 0.25) is 0 Å². The second kappa shape index (κ2) is 6.08. The van der Waals surface area contributed by atoms with Crippen molar-refractivity contribution < 1.29 is 17.9 Å². The van der Waals surface area contributed by atoms with Gasteiger partial charge in [0, 0.05) is 12.6 Å². The Labute approximate surface area is 126 Å². The van der Waals surface area contributed by atoms with Gasteiger partial charge in [0.1, 0.15) is 23.0 Å². The summed E-state index contributed by atoms with van der Waals surface area (Å²) in [6.07, 6.45) is 1.94. The fraction of sp³-hybridized carbons (Fsp3) is 0.714. The predicted molar refractivity (Wildman–Crippen MR) is 79.4 cm³/mol. The molecular weight excluding hydrogens is 292 g/mol. The Bertz CT molecular complexity index is 586. The molecule has 7 heteroatoms. The van der Waals surface area contributed by atoms with Crippen LogP contribution in [0.5, 0.6) is 0 Å². The first-order chi connectivity index (χ1) is 9.76. The molecule has 0 saturated carbocycles. The highest BCUT2D eigenvalue weighted by Gasteiger charge is 2.31. The van der Waals surface area contributed by atoms with E-state index < -0.39 is 10.0 Å². The highest BCUT2D eigenvalue weighted by atomic mass is 32.2. The number of aryl methyl sites for hydroxylation is 1. The molecule has 0 radical (unpaired) electrons. The maximum absolute atomic E-state index is 12.4. The molecule has 2 N–H and O–H groups in total. The molecule has 1 aliphatic rings. The average Bonchev–Trinajstić information content (AvgIpc) is 2.83. The number of aliphatic hydroxyl groups is 1. The van der Waals surface area contributed by atoms with Gasteiger partial charge in [-0.05, 0) is 45.3 Å². The van der Waals surface area contributed by atoms with Crippen LogP contribution in [0.4, 0.5) is 0 Å². The van der Waals surface area contributed by atoms with Gasteiger partial charge in [-0.15, -0.1) is 0 Å². The third-order valence-corrected chi connectivity index (χ3v) is 5.76. The summed E-state index contributed by atoms with van der Waals surface area (Å²) >= 11 is 0. The van der Waals surface area contributed by atoms with Crippen molar-refractivity contribution in [3.05, 3.63) is 17.6 Å². The molecule has 6 nitrogen and oxygen atoms in total. The highest BCUT2D eigenvalue weighted by molar-refractivity contribution is 7.89. The van der Waals surface area contributed by atoms with Gasteiger partial charge in [-0.3, -0.25) is 0 Å². The fourth-order valence-corrected chi connectivity index (χ4v) is 3.95. The molecule has 0 aromatic carbocycles. The van der Waals surface area contributed by atoms with Crippen molar-refractivity contribution in [2.75, 3.05) is 26.7 Å². The number of hydrogen-bond acceptors (Lipinski definition) is 5. The van der Waals surface area contributed by atoms with E-state index in [0.717, 1.165) is 25.9 Å². The molecule has 2 heterocycles. The lowest BCUT2D eigenvalue weighted by Crippen LogP contribution is -2.43. The van der Waals surface area contributed by atoms with Crippen molar-refractivity contribution in [2.45, 2.75) is 38.2 Å². The summed E-state index contributed by atoms with van der Waals surface area (Å²) in [7, 11) is -1.52. The van der Waals surface area contributed by atoms with Crippen LogP contribution in [0.1, 0.15) is 31.3 Å². The molecule has 1 saturated heterocycles. The van der Waals surface area contributed by atoms with E-state index >= 15 is 0 Å². The molecular formula is C14H24N2O4S. The summed E-state index contributed by atoms with van der Waals surface area (Å²) in [6, 6.07) is 1.38. The van der Waals surface area contributed by atoms with Crippen LogP contribution in [0, 0.1) is 12.3 Å². The third-order valence-electron chi connectivity index (χ3n) is 4.25. The van der Waals surface area contributed by atoms with Gasteiger partial charge < -0.3 is 14.4 Å². The summed E-state index contributed by atoms with van der Waals surface area (Å²) < 4.78 is 32.6. The summed E-state index contributed by atoms with van der Waals surface area (Å²) in [5.41, 5.74) is -0.0168. The van der Waals surface area contributed by atoms with Crippen molar-refractivity contribution in [3.63, 3.8) is 0 Å². The van der Waals surface area contributed by atoms with Gasteiger partial charge >= 0.3 is 0 Å². The Kier molecular flexibility index (Phi) is 4.77. The molecule has 0 atom stereocenters. The van der Waals surface area contributed by atoms with Crippen LogP contribution in [0.3, 0.4) is 0 Å². The maximum atomic E-state index is 12.4. The van der Waals surface area contributed by atoms with E-state index in [1.54, 1.807) is 6.92 Å². The van der Waals surface area contributed by atoms with Crippen LogP contribution >= 0.6 is 0 Å². The number of aliphatic hydroxyl groups excluding tert-OH is 1. The maximum Gasteiger partial charge on any atom is 0.244 e. The van der Waals surface area contributed by atoms with E-state index in [9.17, 15) is 8.42 Å². The molecule has 1 aromatic heterocycles. The zero-order valence-electron chi connectivity index (χ0n) is 12.8. The molecule has 0 amide bonds. The average molecular weight is 316 g/mol. The number of rotatable bonds is 5. The van der Waals surface area contributed by atoms with Crippen LogP contribution in [0.25, 0.3) is 0 Å². The van der Waals surface area contributed by atoms with Crippen molar-refractivity contribution >= 4 is 10.0 Å². The van der Waals surface area contributed by atoms with Gasteiger partial charge in [-0.25, -0.2) is 13.1 Å². The van der Waals surface area contributed by atoms with Crippen molar-refractivity contribution in [2.24, 2.45) is 5.41 Å². The molecule has 1 aromatic rings. The molecule has 120 valence electrons. The smallest absolute Gasteiger partial charge is 0.244 e. The van der Waals surface area contributed by atoms with Gasteiger partial charge in [0.25, 0.3) is 0 Å². The van der Waals surface area contributed by atoms with Crippen molar-refractivity contribution in [1.82, 2.24) is 9.62 Å². The minimum atomic E-state index is -3.60. The molecule has 1 fully saturated rings. The van der Waals surface area contributed by atoms with E-state index in [-0.39, 0.29) is 22.7 Å². The van der Waals surface area contributed by atoms with Crippen molar-refractivity contribution in [3.8, 4) is 0 Å². The Morgan fingerprint density at radius 3 is 2.57 bits per heavy atom. The quantitative estimate of drug-likeness (QED) is 0.850. The first-order valence-corrected chi connectivity index (χ1v) is 8.62. The number of furan rings is 1. The molecule has 0 aliphatic carbocycles. The number of piperidine rings is 1. The monoisotopic (exact) mass is 316 g/mol. The van der Waals surface area contributed by atoms with Crippen LogP contribution in [-0.4, -0.2) is 45.1 Å². The van der Waals surface area contributed by atoms with Gasteiger partial charge in [0.05, 0.1) is 0 Å². The topological polar surface area (TPSA) is 82.8 Å². The molecule has 1 aliphatic heterocycles. The number of nitrogens with zero attached hydrogens (tertiary/aromatic N) is 1. The van der Waals surface area contributed by atoms with E-state index in [1.807, 2.05) is 0 Å². The van der Waals surface area contributed by atoms with Gasteiger partial charge in [-0.2, -0.15) is 0 Å². The standard InChI is InChI=1S/C14H24N2O4S/c1-11-13(8-12(9-17)20-11)21(18,19)15-10-14(2)4-6-16(3)7-5-14/h8,15,17H,4-7,9-10H2,1-3H3. The lowest BCUT2D eigenvalue weighted by molar-refractivity contribution is 0.143. The summed E-state index contributed by atoms with van der Waals surface area (Å²) in [5.74, 6) is 0.568.